The van der Waals surface area contributed by atoms with Crippen molar-refractivity contribution in [1.29, 1.82) is 0 Å². The molecule has 0 radical (unpaired) electrons. The van der Waals surface area contributed by atoms with Crippen LogP contribution in [0.3, 0.4) is 0 Å². The van der Waals surface area contributed by atoms with Gasteiger partial charge in [-0.1, -0.05) is 51.1 Å². The minimum absolute atomic E-state index is 0.442. The maximum Gasteiger partial charge on any atom is 0.0355 e. The zero-order chi connectivity index (χ0) is 14.1. The molecule has 2 atom stereocenters. The van der Waals surface area contributed by atoms with Crippen molar-refractivity contribution >= 4 is 0 Å². The summed E-state index contributed by atoms with van der Waals surface area (Å²) in [7, 11) is 2.07. The molecule has 0 aliphatic carbocycles. The first-order valence-corrected chi connectivity index (χ1v) is 7.67. The fourth-order valence-electron chi connectivity index (χ4n) is 2.88. The molecule has 0 saturated carbocycles. The SMILES string of the molecule is CCCN(CCC)CC(C)C(NC)c1ccccc1. The Balaban J connectivity index is 2.65. The molecule has 2 heteroatoms. The lowest BCUT2D eigenvalue weighted by atomic mass is 9.94. The topological polar surface area (TPSA) is 15.3 Å². The predicted octanol–water partition coefficient (Wildman–Crippen LogP) is 3.71. The molecular weight excluding hydrogens is 232 g/mol. The van der Waals surface area contributed by atoms with Gasteiger partial charge in [0.1, 0.15) is 0 Å². The summed E-state index contributed by atoms with van der Waals surface area (Å²) in [6.07, 6.45) is 2.48. The molecule has 0 saturated heterocycles. The first kappa shape index (κ1) is 16.2. The summed E-state index contributed by atoms with van der Waals surface area (Å²) in [4.78, 5) is 2.60. The largest absolute Gasteiger partial charge is 0.313 e. The van der Waals surface area contributed by atoms with Gasteiger partial charge in [0.05, 0.1) is 0 Å². The van der Waals surface area contributed by atoms with Crippen LogP contribution in [0.5, 0.6) is 0 Å². The van der Waals surface area contributed by atoms with Crippen LogP contribution in [0.25, 0.3) is 0 Å². The van der Waals surface area contributed by atoms with Gasteiger partial charge in [0.2, 0.25) is 0 Å². The zero-order valence-electron chi connectivity index (χ0n) is 13.0. The van der Waals surface area contributed by atoms with Gasteiger partial charge in [-0.3, -0.25) is 0 Å². The van der Waals surface area contributed by atoms with Crippen molar-refractivity contribution in [2.75, 3.05) is 26.7 Å². The number of nitrogens with zero attached hydrogens (tertiary/aromatic N) is 1. The minimum atomic E-state index is 0.442. The summed E-state index contributed by atoms with van der Waals surface area (Å²) in [5.41, 5.74) is 1.39. The van der Waals surface area contributed by atoms with E-state index in [1.54, 1.807) is 0 Å². The Morgan fingerprint density at radius 1 is 1.05 bits per heavy atom. The van der Waals surface area contributed by atoms with E-state index in [1.165, 1.54) is 38.0 Å². The summed E-state index contributed by atoms with van der Waals surface area (Å²) in [5, 5.41) is 3.48. The number of nitrogens with one attached hydrogen (secondary N) is 1. The smallest absolute Gasteiger partial charge is 0.0355 e. The Morgan fingerprint density at radius 2 is 1.63 bits per heavy atom. The molecule has 1 aromatic rings. The summed E-state index contributed by atoms with van der Waals surface area (Å²) >= 11 is 0. The van der Waals surface area contributed by atoms with Crippen LogP contribution in [-0.2, 0) is 0 Å². The first-order chi connectivity index (χ1) is 9.22. The molecule has 1 aromatic carbocycles. The highest BCUT2D eigenvalue weighted by Crippen LogP contribution is 2.22. The standard InChI is InChI=1S/C17H30N2/c1-5-12-19(13-6-2)14-15(3)17(18-4)16-10-8-7-9-11-16/h7-11,15,17-18H,5-6,12-14H2,1-4H3. The third kappa shape index (κ3) is 5.33. The van der Waals surface area contributed by atoms with E-state index >= 15 is 0 Å². The van der Waals surface area contributed by atoms with Crippen molar-refractivity contribution in [1.82, 2.24) is 10.2 Å². The second-order valence-electron chi connectivity index (χ2n) is 5.45. The van der Waals surface area contributed by atoms with Crippen molar-refractivity contribution in [2.45, 2.75) is 39.7 Å². The first-order valence-electron chi connectivity index (χ1n) is 7.67. The van der Waals surface area contributed by atoms with Crippen LogP contribution in [0.2, 0.25) is 0 Å². The highest BCUT2D eigenvalue weighted by molar-refractivity contribution is 5.19. The Morgan fingerprint density at radius 3 is 2.11 bits per heavy atom. The average molecular weight is 262 g/mol. The van der Waals surface area contributed by atoms with E-state index in [1.807, 2.05) is 0 Å². The lowest BCUT2D eigenvalue weighted by molar-refractivity contribution is 0.214. The fourth-order valence-corrected chi connectivity index (χ4v) is 2.88. The van der Waals surface area contributed by atoms with Crippen LogP contribution in [0.1, 0.15) is 45.2 Å². The second-order valence-corrected chi connectivity index (χ2v) is 5.45. The monoisotopic (exact) mass is 262 g/mol. The van der Waals surface area contributed by atoms with Crippen LogP contribution < -0.4 is 5.32 Å². The molecular formula is C17H30N2. The quantitative estimate of drug-likeness (QED) is 0.730. The van der Waals surface area contributed by atoms with Gasteiger partial charge in [0.25, 0.3) is 0 Å². The number of hydrogen-bond acceptors (Lipinski definition) is 2. The molecule has 0 amide bonds. The van der Waals surface area contributed by atoms with E-state index < -0.39 is 0 Å². The second kappa shape index (κ2) is 9.11. The van der Waals surface area contributed by atoms with Crippen molar-refractivity contribution in [3.63, 3.8) is 0 Å². The molecule has 0 heterocycles. The predicted molar refractivity (Wildman–Crippen MR) is 84.4 cm³/mol. The Bertz CT molecular complexity index is 317. The van der Waals surface area contributed by atoms with Crippen LogP contribution >= 0.6 is 0 Å². The molecule has 0 fully saturated rings. The van der Waals surface area contributed by atoms with Crippen molar-refractivity contribution < 1.29 is 0 Å². The molecule has 0 bridgehead atoms. The maximum absolute atomic E-state index is 3.48. The van der Waals surface area contributed by atoms with E-state index in [2.05, 4.69) is 68.4 Å². The van der Waals surface area contributed by atoms with Crippen molar-refractivity contribution in [3.05, 3.63) is 35.9 Å². The van der Waals surface area contributed by atoms with Gasteiger partial charge in [-0.25, -0.2) is 0 Å². The van der Waals surface area contributed by atoms with E-state index in [0.29, 0.717) is 12.0 Å². The van der Waals surface area contributed by atoms with Gasteiger partial charge in [-0.15, -0.1) is 0 Å². The summed E-state index contributed by atoms with van der Waals surface area (Å²) in [6, 6.07) is 11.2. The molecule has 0 spiro atoms. The Hall–Kier alpha value is -0.860. The minimum Gasteiger partial charge on any atom is -0.313 e. The summed E-state index contributed by atoms with van der Waals surface area (Å²) in [5.74, 6) is 0.616. The Labute approximate surface area is 119 Å². The molecule has 108 valence electrons. The molecule has 0 aromatic heterocycles. The summed E-state index contributed by atoms with van der Waals surface area (Å²) in [6.45, 7) is 10.5. The number of hydrogen-bond donors (Lipinski definition) is 1. The molecule has 1 rings (SSSR count). The number of benzene rings is 1. The highest BCUT2D eigenvalue weighted by Gasteiger charge is 2.19. The van der Waals surface area contributed by atoms with Crippen molar-refractivity contribution in [2.24, 2.45) is 5.92 Å². The average Bonchev–Trinajstić information content (AvgIpc) is 2.41. The van der Waals surface area contributed by atoms with Gasteiger partial charge in [0.15, 0.2) is 0 Å². The Kier molecular flexibility index (Phi) is 7.76. The van der Waals surface area contributed by atoms with Crippen molar-refractivity contribution in [3.8, 4) is 0 Å². The molecule has 19 heavy (non-hydrogen) atoms. The van der Waals surface area contributed by atoms with Crippen LogP contribution in [0.4, 0.5) is 0 Å². The van der Waals surface area contributed by atoms with E-state index in [9.17, 15) is 0 Å². The van der Waals surface area contributed by atoms with Crippen LogP contribution in [-0.4, -0.2) is 31.6 Å². The van der Waals surface area contributed by atoms with Crippen LogP contribution in [0.15, 0.2) is 30.3 Å². The van der Waals surface area contributed by atoms with Gasteiger partial charge >= 0.3 is 0 Å². The molecule has 2 nitrogen and oxygen atoms in total. The molecule has 0 aliphatic heterocycles. The zero-order valence-corrected chi connectivity index (χ0v) is 13.0. The van der Waals surface area contributed by atoms with Crippen LogP contribution in [0, 0.1) is 5.92 Å². The summed E-state index contributed by atoms with van der Waals surface area (Å²) < 4.78 is 0. The fraction of sp³-hybridized carbons (Fsp3) is 0.647. The van der Waals surface area contributed by atoms with E-state index in [4.69, 9.17) is 0 Å². The van der Waals surface area contributed by atoms with E-state index in [-0.39, 0.29) is 0 Å². The highest BCUT2D eigenvalue weighted by atomic mass is 15.1. The van der Waals surface area contributed by atoms with Gasteiger partial charge < -0.3 is 10.2 Å². The third-order valence-electron chi connectivity index (χ3n) is 3.66. The molecule has 1 N–H and O–H groups in total. The third-order valence-corrected chi connectivity index (χ3v) is 3.66. The van der Waals surface area contributed by atoms with Gasteiger partial charge in [-0.2, -0.15) is 0 Å². The normalized spacial score (nSPS) is 14.6. The van der Waals surface area contributed by atoms with Gasteiger partial charge in [-0.05, 0) is 44.5 Å². The van der Waals surface area contributed by atoms with E-state index in [0.717, 1.165) is 0 Å². The lowest BCUT2D eigenvalue weighted by Crippen LogP contribution is -2.35. The van der Waals surface area contributed by atoms with Gasteiger partial charge in [0, 0.05) is 12.6 Å². The number of rotatable bonds is 9. The molecule has 2 unspecified atom stereocenters. The lowest BCUT2D eigenvalue weighted by Gasteiger charge is -2.30. The molecule has 0 aliphatic rings. The maximum atomic E-state index is 3.48.